The molecule has 0 aromatic heterocycles. The van der Waals surface area contributed by atoms with E-state index in [0.717, 1.165) is 25.0 Å². The van der Waals surface area contributed by atoms with Gasteiger partial charge in [0.05, 0.1) is 12.0 Å². The number of hydrogen-bond donors (Lipinski definition) is 1. The van der Waals surface area contributed by atoms with Crippen molar-refractivity contribution in [2.75, 3.05) is 6.61 Å². The van der Waals surface area contributed by atoms with Gasteiger partial charge in [0.25, 0.3) is 0 Å². The lowest BCUT2D eigenvalue weighted by atomic mass is 9.93. The zero-order chi connectivity index (χ0) is 13.0. The predicted molar refractivity (Wildman–Crippen MR) is 69.9 cm³/mol. The molecule has 2 unspecified atom stereocenters. The molecular formula is C14H17ClO3. The number of benzene rings is 1. The molecule has 2 rings (SSSR count). The van der Waals surface area contributed by atoms with Gasteiger partial charge in [0.15, 0.2) is 0 Å². The molecule has 0 spiro atoms. The SMILES string of the molecule is O=C(O)C(Cc1ccc(Cl)cc1)CC1CCCO1. The first-order valence-corrected chi connectivity index (χ1v) is 6.62. The highest BCUT2D eigenvalue weighted by Crippen LogP contribution is 2.23. The molecule has 0 amide bonds. The largest absolute Gasteiger partial charge is 0.481 e. The summed E-state index contributed by atoms with van der Waals surface area (Å²) in [5.74, 6) is -1.13. The third kappa shape index (κ3) is 3.72. The van der Waals surface area contributed by atoms with Crippen LogP contribution in [-0.2, 0) is 16.0 Å². The Hall–Kier alpha value is -1.06. The lowest BCUT2D eigenvalue weighted by Crippen LogP contribution is -2.22. The average molecular weight is 269 g/mol. The summed E-state index contributed by atoms with van der Waals surface area (Å²) in [6.07, 6.45) is 3.26. The van der Waals surface area contributed by atoms with Crippen LogP contribution in [-0.4, -0.2) is 23.8 Å². The molecule has 1 N–H and O–H groups in total. The molecule has 1 aliphatic heterocycles. The van der Waals surface area contributed by atoms with Crippen molar-refractivity contribution in [2.24, 2.45) is 5.92 Å². The average Bonchev–Trinajstić information content (AvgIpc) is 2.84. The van der Waals surface area contributed by atoms with Crippen molar-refractivity contribution < 1.29 is 14.6 Å². The summed E-state index contributed by atoms with van der Waals surface area (Å²) in [5, 5.41) is 9.94. The fraction of sp³-hybridized carbons (Fsp3) is 0.500. The molecule has 0 aliphatic carbocycles. The number of carboxylic acid groups (broad SMARTS) is 1. The highest BCUT2D eigenvalue weighted by molar-refractivity contribution is 6.30. The first kappa shape index (κ1) is 13.4. The first-order chi connectivity index (χ1) is 8.65. The number of rotatable bonds is 5. The highest BCUT2D eigenvalue weighted by Gasteiger charge is 2.25. The Kier molecular flexibility index (Phi) is 4.61. The van der Waals surface area contributed by atoms with Crippen LogP contribution >= 0.6 is 11.6 Å². The first-order valence-electron chi connectivity index (χ1n) is 6.24. The van der Waals surface area contributed by atoms with Crippen molar-refractivity contribution in [3.8, 4) is 0 Å². The van der Waals surface area contributed by atoms with E-state index in [1.54, 1.807) is 12.1 Å². The van der Waals surface area contributed by atoms with Crippen LogP contribution in [0.25, 0.3) is 0 Å². The van der Waals surface area contributed by atoms with Gasteiger partial charge in [-0.1, -0.05) is 23.7 Å². The smallest absolute Gasteiger partial charge is 0.306 e. The Morgan fingerprint density at radius 1 is 1.44 bits per heavy atom. The van der Waals surface area contributed by atoms with Gasteiger partial charge in [-0.3, -0.25) is 4.79 Å². The van der Waals surface area contributed by atoms with Crippen LogP contribution in [0.1, 0.15) is 24.8 Å². The van der Waals surface area contributed by atoms with Crippen LogP contribution in [0.3, 0.4) is 0 Å². The van der Waals surface area contributed by atoms with E-state index in [9.17, 15) is 9.90 Å². The van der Waals surface area contributed by atoms with Gasteiger partial charge in [-0.05, 0) is 43.4 Å². The third-order valence-corrected chi connectivity index (χ3v) is 3.57. The Morgan fingerprint density at radius 2 is 2.17 bits per heavy atom. The van der Waals surface area contributed by atoms with Crippen molar-refractivity contribution in [1.82, 2.24) is 0 Å². The predicted octanol–water partition coefficient (Wildman–Crippen LogP) is 3.15. The second kappa shape index (κ2) is 6.21. The number of ether oxygens (including phenoxy) is 1. The van der Waals surface area contributed by atoms with Gasteiger partial charge in [0, 0.05) is 11.6 Å². The van der Waals surface area contributed by atoms with Crippen LogP contribution < -0.4 is 0 Å². The number of aliphatic carboxylic acids is 1. The van der Waals surface area contributed by atoms with Crippen molar-refractivity contribution in [3.05, 3.63) is 34.9 Å². The van der Waals surface area contributed by atoms with Gasteiger partial charge in [-0.25, -0.2) is 0 Å². The van der Waals surface area contributed by atoms with E-state index in [-0.39, 0.29) is 12.0 Å². The quantitative estimate of drug-likeness (QED) is 0.892. The van der Waals surface area contributed by atoms with Gasteiger partial charge in [-0.15, -0.1) is 0 Å². The van der Waals surface area contributed by atoms with Gasteiger partial charge >= 0.3 is 5.97 Å². The van der Waals surface area contributed by atoms with Gasteiger partial charge in [0.2, 0.25) is 0 Å². The topological polar surface area (TPSA) is 46.5 Å². The second-order valence-electron chi connectivity index (χ2n) is 4.74. The molecule has 0 radical (unpaired) electrons. The Balaban J connectivity index is 1.97. The molecule has 18 heavy (non-hydrogen) atoms. The summed E-state index contributed by atoms with van der Waals surface area (Å²) in [7, 11) is 0. The summed E-state index contributed by atoms with van der Waals surface area (Å²) in [4.78, 5) is 11.3. The maximum absolute atomic E-state index is 11.3. The summed E-state index contributed by atoms with van der Waals surface area (Å²) >= 11 is 5.81. The monoisotopic (exact) mass is 268 g/mol. The van der Waals surface area contributed by atoms with Crippen molar-refractivity contribution in [1.29, 1.82) is 0 Å². The molecule has 4 heteroatoms. The van der Waals surface area contributed by atoms with E-state index < -0.39 is 5.97 Å². The Bertz CT molecular complexity index is 396. The molecule has 1 heterocycles. The zero-order valence-corrected chi connectivity index (χ0v) is 10.9. The molecule has 1 aromatic carbocycles. The van der Waals surface area contributed by atoms with Crippen molar-refractivity contribution in [3.63, 3.8) is 0 Å². The molecule has 1 aliphatic rings. The van der Waals surface area contributed by atoms with Gasteiger partial charge in [0.1, 0.15) is 0 Å². The number of hydrogen-bond acceptors (Lipinski definition) is 2. The van der Waals surface area contributed by atoms with Crippen LogP contribution in [0.15, 0.2) is 24.3 Å². The normalized spacial score (nSPS) is 20.8. The van der Waals surface area contributed by atoms with E-state index in [1.807, 2.05) is 12.1 Å². The lowest BCUT2D eigenvalue weighted by Gasteiger charge is -2.16. The minimum absolute atomic E-state index is 0.110. The molecule has 3 nitrogen and oxygen atoms in total. The number of carbonyl (C=O) groups is 1. The fourth-order valence-corrected chi connectivity index (χ4v) is 2.45. The molecule has 0 saturated carbocycles. The zero-order valence-electron chi connectivity index (χ0n) is 10.1. The summed E-state index contributed by atoms with van der Waals surface area (Å²) in [6, 6.07) is 7.35. The Labute approximate surface area is 112 Å². The molecule has 1 aromatic rings. The fourth-order valence-electron chi connectivity index (χ4n) is 2.32. The van der Waals surface area contributed by atoms with Crippen LogP contribution in [0, 0.1) is 5.92 Å². The van der Waals surface area contributed by atoms with Crippen LogP contribution in [0.4, 0.5) is 0 Å². The van der Waals surface area contributed by atoms with Gasteiger partial charge < -0.3 is 9.84 Å². The van der Waals surface area contributed by atoms with Crippen LogP contribution in [0.2, 0.25) is 5.02 Å². The third-order valence-electron chi connectivity index (χ3n) is 3.32. The van der Waals surface area contributed by atoms with Gasteiger partial charge in [-0.2, -0.15) is 0 Å². The number of halogens is 1. The number of carboxylic acids is 1. The lowest BCUT2D eigenvalue weighted by molar-refractivity contribution is -0.142. The van der Waals surface area contributed by atoms with E-state index in [2.05, 4.69) is 0 Å². The standard InChI is InChI=1S/C14H17ClO3/c15-12-5-3-10(4-6-12)8-11(14(16)17)9-13-2-1-7-18-13/h3-6,11,13H,1-2,7-9H2,(H,16,17). The summed E-state index contributed by atoms with van der Waals surface area (Å²) in [5.41, 5.74) is 1.00. The Morgan fingerprint density at radius 3 is 2.72 bits per heavy atom. The molecule has 1 fully saturated rings. The van der Waals surface area contributed by atoms with E-state index in [1.165, 1.54) is 0 Å². The van der Waals surface area contributed by atoms with Crippen LogP contribution in [0.5, 0.6) is 0 Å². The maximum Gasteiger partial charge on any atom is 0.306 e. The minimum Gasteiger partial charge on any atom is -0.481 e. The molecule has 2 atom stereocenters. The molecular weight excluding hydrogens is 252 g/mol. The molecule has 98 valence electrons. The second-order valence-corrected chi connectivity index (χ2v) is 5.17. The maximum atomic E-state index is 11.3. The van der Waals surface area contributed by atoms with E-state index in [4.69, 9.17) is 16.3 Å². The molecule has 0 bridgehead atoms. The summed E-state index contributed by atoms with van der Waals surface area (Å²) in [6.45, 7) is 0.762. The van der Waals surface area contributed by atoms with Crippen molar-refractivity contribution >= 4 is 17.6 Å². The van der Waals surface area contributed by atoms with E-state index >= 15 is 0 Å². The summed E-state index contributed by atoms with van der Waals surface area (Å²) < 4.78 is 5.51. The highest BCUT2D eigenvalue weighted by atomic mass is 35.5. The van der Waals surface area contributed by atoms with Crippen molar-refractivity contribution in [2.45, 2.75) is 31.8 Å². The molecule has 1 saturated heterocycles. The minimum atomic E-state index is -0.750. The van der Waals surface area contributed by atoms with E-state index in [0.29, 0.717) is 17.9 Å².